The van der Waals surface area contributed by atoms with Gasteiger partial charge in [0.2, 0.25) is 29.5 Å². The van der Waals surface area contributed by atoms with Crippen molar-refractivity contribution in [3.05, 3.63) is 34.9 Å². The molecule has 0 bridgehead atoms. The van der Waals surface area contributed by atoms with E-state index >= 15 is 0 Å². The van der Waals surface area contributed by atoms with Gasteiger partial charge < -0.3 is 40.9 Å². The van der Waals surface area contributed by atoms with Crippen LogP contribution >= 0.6 is 11.8 Å². The van der Waals surface area contributed by atoms with Crippen molar-refractivity contribution in [2.45, 2.75) is 89.9 Å². The summed E-state index contributed by atoms with van der Waals surface area (Å²) in [6.45, 7) is 14.2. The number of fused-ring (bicyclic) bond motifs is 2. The Morgan fingerprint density at radius 3 is 1.89 bits per heavy atom. The molecule has 3 rings (SSSR count). The first-order valence-electron chi connectivity index (χ1n) is 18.4. The van der Waals surface area contributed by atoms with Crippen molar-refractivity contribution in [2.24, 2.45) is 0 Å². The van der Waals surface area contributed by atoms with Crippen LogP contribution in [-0.2, 0) is 35.3 Å². The van der Waals surface area contributed by atoms with Crippen LogP contribution in [0.25, 0.3) is 0 Å². The van der Waals surface area contributed by atoms with Crippen LogP contribution in [0.2, 0.25) is 0 Å². The number of likely N-dealkylation sites (N-methyl/N-ethyl adjacent to an activating group) is 1. The molecule has 2 heterocycles. The minimum atomic E-state index is -0.669. The van der Waals surface area contributed by atoms with Gasteiger partial charge in [0, 0.05) is 81.5 Å². The Labute approximate surface area is 326 Å². The smallest absolute Gasteiger partial charge is 0.350 e. The zero-order valence-corrected chi connectivity index (χ0v) is 34.2. The lowest BCUT2D eigenvalue weighted by Crippen LogP contribution is -2.53. The van der Waals surface area contributed by atoms with Crippen molar-refractivity contribution in [2.75, 3.05) is 69.6 Å². The summed E-state index contributed by atoms with van der Waals surface area (Å²) >= 11 is 1.41. The highest BCUT2D eigenvalue weighted by molar-refractivity contribution is 7.99. The predicted octanol–water partition coefficient (Wildman–Crippen LogP) is 1.03. The minimum Gasteiger partial charge on any atom is -0.372 e. The number of nitrogens with zero attached hydrogens (tertiary/aromatic N) is 6. The molecule has 18 heteroatoms. The van der Waals surface area contributed by atoms with E-state index in [4.69, 9.17) is 0 Å². The summed E-state index contributed by atoms with van der Waals surface area (Å²) in [6, 6.07) is 4.77. The van der Waals surface area contributed by atoms with Crippen LogP contribution in [0.15, 0.2) is 39.0 Å². The maximum absolute atomic E-state index is 13.9. The highest BCUT2D eigenvalue weighted by Crippen LogP contribution is 2.43. The number of carbonyl (C=O) groups excluding carboxylic acids is 6. The second-order valence-electron chi connectivity index (χ2n) is 13.8. The van der Waals surface area contributed by atoms with Crippen LogP contribution in [0.5, 0.6) is 0 Å². The van der Waals surface area contributed by atoms with E-state index in [1.165, 1.54) is 51.8 Å². The first-order chi connectivity index (χ1) is 25.9. The molecule has 302 valence electrons. The summed E-state index contributed by atoms with van der Waals surface area (Å²) in [5.74, 6) is -2.02. The van der Waals surface area contributed by atoms with Crippen LogP contribution in [0.1, 0.15) is 55.4 Å². The van der Waals surface area contributed by atoms with Gasteiger partial charge in [0.15, 0.2) is 5.82 Å². The van der Waals surface area contributed by atoms with Gasteiger partial charge in [-0.15, -0.1) is 0 Å². The summed E-state index contributed by atoms with van der Waals surface area (Å²) in [6.07, 6.45) is 1.56. The zero-order valence-electron chi connectivity index (χ0n) is 33.4. The first-order valence-corrected chi connectivity index (χ1v) is 19.3. The molecule has 0 spiro atoms. The van der Waals surface area contributed by atoms with E-state index < -0.39 is 48.6 Å². The SMILES string of the molecule is CCN(CC)c1ccc2c(c1)Nc1nc(=O)n(CC(=O)N(CC(=O)NC(C)CN(CC(C)=O)C(C)=O)CC(C)NC(=O)CN(CC(C)NC)C(C)=O)cc1S2. The monoisotopic (exact) mass is 784 g/mol. The average Bonchev–Trinajstić information content (AvgIpc) is 3.10. The molecule has 0 radical (unpaired) electrons. The third-order valence-corrected chi connectivity index (χ3v) is 10.0. The Balaban J connectivity index is 1.80. The summed E-state index contributed by atoms with van der Waals surface area (Å²) < 4.78 is 1.18. The molecule has 1 aromatic heterocycles. The Morgan fingerprint density at radius 1 is 0.800 bits per heavy atom. The molecule has 0 saturated heterocycles. The van der Waals surface area contributed by atoms with Gasteiger partial charge in [-0.1, -0.05) is 11.8 Å². The predicted molar refractivity (Wildman–Crippen MR) is 211 cm³/mol. The molecule has 3 atom stereocenters. The molecule has 3 unspecified atom stereocenters. The van der Waals surface area contributed by atoms with Crippen molar-refractivity contribution in [3.63, 3.8) is 0 Å². The number of hydrogen-bond acceptors (Lipinski definition) is 12. The van der Waals surface area contributed by atoms with Crippen LogP contribution in [0, 0.1) is 0 Å². The van der Waals surface area contributed by atoms with E-state index in [9.17, 15) is 33.6 Å². The zero-order chi connectivity index (χ0) is 41.0. The van der Waals surface area contributed by atoms with Gasteiger partial charge in [-0.2, -0.15) is 4.98 Å². The maximum Gasteiger partial charge on any atom is 0.350 e. The fourth-order valence-corrected chi connectivity index (χ4v) is 6.99. The lowest BCUT2D eigenvalue weighted by atomic mass is 10.2. The summed E-state index contributed by atoms with van der Waals surface area (Å²) in [4.78, 5) is 101. The normalized spacial score (nSPS) is 13.2. The van der Waals surface area contributed by atoms with Gasteiger partial charge in [0.25, 0.3) is 0 Å². The maximum atomic E-state index is 13.9. The topological polar surface area (TPSA) is 198 Å². The molecule has 0 fully saturated rings. The second kappa shape index (κ2) is 20.6. The van der Waals surface area contributed by atoms with Gasteiger partial charge in [-0.25, -0.2) is 4.79 Å². The summed E-state index contributed by atoms with van der Waals surface area (Å²) in [5.41, 5.74) is 1.19. The van der Waals surface area contributed by atoms with Gasteiger partial charge in [-0.3, -0.25) is 33.3 Å². The summed E-state index contributed by atoms with van der Waals surface area (Å²) in [7, 11) is 1.75. The Hall–Kier alpha value is -4.97. The third-order valence-electron chi connectivity index (χ3n) is 8.95. The highest BCUT2D eigenvalue weighted by atomic mass is 32.2. The fourth-order valence-electron chi connectivity index (χ4n) is 6.03. The van der Waals surface area contributed by atoms with Crippen LogP contribution in [0.3, 0.4) is 0 Å². The number of rotatable bonds is 20. The Bertz CT molecular complexity index is 1780. The number of benzene rings is 1. The molecular weight excluding hydrogens is 729 g/mol. The lowest BCUT2D eigenvalue weighted by molar-refractivity contribution is -0.138. The van der Waals surface area contributed by atoms with E-state index in [1.807, 2.05) is 25.1 Å². The number of anilines is 3. The number of carbonyl (C=O) groups is 6. The van der Waals surface area contributed by atoms with Crippen LogP contribution < -0.4 is 31.9 Å². The van der Waals surface area contributed by atoms with Gasteiger partial charge in [-0.05, 0) is 66.8 Å². The molecule has 1 aliphatic rings. The van der Waals surface area contributed by atoms with Crippen LogP contribution in [0.4, 0.5) is 17.2 Å². The molecule has 2 aromatic rings. The van der Waals surface area contributed by atoms with E-state index in [1.54, 1.807) is 27.1 Å². The molecule has 1 aliphatic heterocycles. The fraction of sp³-hybridized carbons (Fsp3) is 0.568. The van der Waals surface area contributed by atoms with Gasteiger partial charge in [0.1, 0.15) is 12.3 Å². The second-order valence-corrected chi connectivity index (χ2v) is 14.9. The number of aromatic nitrogens is 2. The van der Waals surface area contributed by atoms with Crippen LogP contribution in [-0.4, -0.2) is 137 Å². The van der Waals surface area contributed by atoms with E-state index in [0.29, 0.717) is 17.3 Å². The molecule has 1 aromatic carbocycles. The van der Waals surface area contributed by atoms with E-state index in [-0.39, 0.29) is 49.8 Å². The highest BCUT2D eigenvalue weighted by Gasteiger charge is 2.26. The quantitative estimate of drug-likeness (QED) is 0.127. The van der Waals surface area contributed by atoms with Crippen molar-refractivity contribution in [3.8, 4) is 0 Å². The molecule has 0 aliphatic carbocycles. The van der Waals surface area contributed by atoms with E-state index in [2.05, 4.69) is 45.0 Å². The molecular formula is C37H56N10O7S. The standard InChI is InChI=1S/C37H56N10O7S/c1-10-43(11-2)29-12-13-31-30(14-29)41-36-32(55-31)19-47(37(54)42-36)22-35(53)46(21-34(52)39-24(4)16-44(27(7)49)18-26(6)48)17-25(5)40-33(51)20-45(28(8)50)15-23(3)38-9/h12-14,19,23-25,38H,10-11,15-18,20-22H2,1-9H3,(H,39,52)(H,40,51)(H,41,42,54). The third kappa shape index (κ3) is 13.4. The molecule has 4 N–H and O–H groups in total. The van der Waals surface area contributed by atoms with Crippen molar-refractivity contribution >= 4 is 64.3 Å². The molecule has 5 amide bonds. The Kier molecular flexibility index (Phi) is 16.7. The lowest BCUT2D eigenvalue weighted by Gasteiger charge is -2.29. The number of nitrogens with one attached hydrogen (secondary N) is 4. The molecule has 55 heavy (non-hydrogen) atoms. The number of hydrogen-bond donors (Lipinski definition) is 4. The Morgan fingerprint density at radius 2 is 1.35 bits per heavy atom. The number of Topliss-reactive ketones (excluding diaryl/α,β-unsaturated/α-hetero) is 1. The van der Waals surface area contributed by atoms with Gasteiger partial charge in [0.05, 0.1) is 30.2 Å². The molecule has 17 nitrogen and oxygen atoms in total. The largest absolute Gasteiger partial charge is 0.372 e. The minimum absolute atomic E-state index is 0.0519. The van der Waals surface area contributed by atoms with Crippen molar-refractivity contribution < 1.29 is 28.8 Å². The van der Waals surface area contributed by atoms with Crippen molar-refractivity contribution in [1.82, 2.24) is 40.2 Å². The molecule has 0 saturated carbocycles. The van der Waals surface area contributed by atoms with E-state index in [0.717, 1.165) is 29.4 Å². The number of amides is 5. The van der Waals surface area contributed by atoms with Gasteiger partial charge >= 0.3 is 5.69 Å². The average molecular weight is 785 g/mol. The number of ketones is 1. The van der Waals surface area contributed by atoms with Crippen molar-refractivity contribution in [1.29, 1.82) is 0 Å². The first kappa shape index (κ1) is 44.4. The summed E-state index contributed by atoms with van der Waals surface area (Å²) in [5, 5.41) is 11.9.